The topological polar surface area (TPSA) is 119 Å². The van der Waals surface area contributed by atoms with Gasteiger partial charge in [0.2, 0.25) is 0 Å². The SMILES string of the molecule is C=C(c1csc(N(C)C)n1)N1CCN(Cc2ccc(OC)cc2OC)[C@H](C)C1=NC.CC.CC.COc1ccc(CN2CCN3C(=NNC3c3csc(N(C)C)n3)[C@@H]2C)c(OC)c1. The van der Waals surface area contributed by atoms with E-state index < -0.39 is 0 Å². The molecule has 3 atom stereocenters. The molecule has 0 amide bonds. The molecule has 5 heterocycles. The molecule has 7 rings (SSSR count). The van der Waals surface area contributed by atoms with Gasteiger partial charge in [-0.3, -0.25) is 20.2 Å². The lowest BCUT2D eigenvalue weighted by atomic mass is 10.1. The monoisotopic (exact) mass is 906 g/mol. The van der Waals surface area contributed by atoms with Gasteiger partial charge in [0.15, 0.2) is 16.4 Å². The summed E-state index contributed by atoms with van der Waals surface area (Å²) in [7, 11) is 16.6. The van der Waals surface area contributed by atoms with Crippen LogP contribution in [0.1, 0.15) is 70.2 Å². The number of fused-ring (bicyclic) bond motifs is 1. The summed E-state index contributed by atoms with van der Waals surface area (Å²) >= 11 is 3.28. The van der Waals surface area contributed by atoms with Gasteiger partial charge in [-0.15, -0.1) is 22.7 Å². The van der Waals surface area contributed by atoms with Crippen molar-refractivity contribution in [1.29, 1.82) is 0 Å². The van der Waals surface area contributed by atoms with Crippen LogP contribution in [0.15, 0.2) is 63.8 Å². The van der Waals surface area contributed by atoms with Gasteiger partial charge in [0.05, 0.1) is 57.6 Å². The standard InChI is InChI=1S/C22H31N5O2S.C20H28N6O2S.2C2H6/c1-15(19-14-30-22(24-19)25(4)5)27-11-10-26(16(2)21(27)23-3)13-17-8-9-18(28-6)12-20(17)29-7;1-13-18-22-23-19(16-12-29-20(21-16)24(2)3)26(18)9-8-25(13)11-14-6-7-15(27-4)10-17(14)28-5;2*1-2/h8-9,12,14,16H,1,10-11,13H2,2-7H3;6-7,10,12-13,19,23H,8-9,11H2,1-5H3;2*1-2H3/t16-;13-,19?;;/m10../s1. The van der Waals surface area contributed by atoms with Gasteiger partial charge in [-0.1, -0.05) is 46.4 Å². The number of hydrazone groups is 1. The number of piperazine rings is 2. The van der Waals surface area contributed by atoms with Crippen molar-refractivity contribution in [3.8, 4) is 23.0 Å². The molecular weight excluding hydrogens is 835 g/mol. The first kappa shape index (κ1) is 50.5. The molecule has 3 aliphatic rings. The Morgan fingerprint density at radius 3 is 1.76 bits per heavy atom. The van der Waals surface area contributed by atoms with E-state index >= 15 is 0 Å². The summed E-state index contributed by atoms with van der Waals surface area (Å²) < 4.78 is 21.8. The number of anilines is 2. The largest absolute Gasteiger partial charge is 0.497 e. The minimum Gasteiger partial charge on any atom is -0.497 e. The van der Waals surface area contributed by atoms with E-state index in [4.69, 9.17) is 28.9 Å². The van der Waals surface area contributed by atoms with Crippen molar-refractivity contribution in [3.05, 3.63) is 76.3 Å². The highest BCUT2D eigenvalue weighted by Gasteiger charge is 2.39. The van der Waals surface area contributed by atoms with Crippen LogP contribution in [0.5, 0.6) is 23.0 Å². The first-order valence-electron chi connectivity index (χ1n) is 21.6. The zero-order valence-corrected chi connectivity index (χ0v) is 41.9. The van der Waals surface area contributed by atoms with Crippen molar-refractivity contribution in [2.75, 3.05) is 99.7 Å². The van der Waals surface area contributed by atoms with Crippen LogP contribution in [0, 0.1) is 0 Å². The molecule has 0 saturated carbocycles. The maximum Gasteiger partial charge on any atom is 0.185 e. The molecule has 1 unspecified atom stereocenters. The Morgan fingerprint density at radius 1 is 0.746 bits per heavy atom. The Labute approximate surface area is 384 Å². The molecule has 0 bridgehead atoms. The molecule has 1 N–H and O–H groups in total. The fourth-order valence-corrected chi connectivity index (χ4v) is 9.02. The van der Waals surface area contributed by atoms with E-state index in [2.05, 4.69) is 78.4 Å². The second-order valence-corrected chi connectivity index (χ2v) is 16.6. The molecule has 346 valence electrons. The second kappa shape index (κ2) is 24.1. The summed E-state index contributed by atoms with van der Waals surface area (Å²) in [6, 6.07) is 12.3. The molecular formula is C46H71N11O4S2. The van der Waals surface area contributed by atoms with Crippen LogP contribution in [0.4, 0.5) is 10.3 Å². The van der Waals surface area contributed by atoms with Crippen molar-refractivity contribution in [1.82, 2.24) is 35.0 Å². The summed E-state index contributed by atoms with van der Waals surface area (Å²) in [4.78, 5) is 27.5. The van der Waals surface area contributed by atoms with Gasteiger partial charge < -0.3 is 38.5 Å². The number of hydrogen-bond acceptors (Lipinski definition) is 16. The van der Waals surface area contributed by atoms with Crippen molar-refractivity contribution >= 4 is 50.3 Å². The summed E-state index contributed by atoms with van der Waals surface area (Å²) in [5.41, 5.74) is 8.39. The molecule has 15 nitrogen and oxygen atoms in total. The number of ether oxygens (including phenoxy) is 4. The molecule has 0 aliphatic carbocycles. The number of aliphatic imine (C=N–C) groups is 1. The van der Waals surface area contributed by atoms with Crippen LogP contribution in [0.25, 0.3) is 5.70 Å². The van der Waals surface area contributed by atoms with E-state index in [0.717, 1.165) is 112 Å². The van der Waals surface area contributed by atoms with E-state index in [-0.39, 0.29) is 18.2 Å². The van der Waals surface area contributed by atoms with Gasteiger partial charge in [-0.05, 0) is 26.0 Å². The molecule has 17 heteroatoms. The van der Waals surface area contributed by atoms with E-state index in [0.29, 0.717) is 0 Å². The van der Waals surface area contributed by atoms with E-state index in [1.165, 1.54) is 0 Å². The number of benzene rings is 2. The quantitative estimate of drug-likeness (QED) is 0.141. The number of aromatic nitrogens is 2. The molecule has 2 fully saturated rings. The number of rotatable bonds is 13. The van der Waals surface area contributed by atoms with Crippen molar-refractivity contribution in [2.24, 2.45) is 10.1 Å². The molecule has 0 spiro atoms. The van der Waals surface area contributed by atoms with Crippen LogP contribution in [0.3, 0.4) is 0 Å². The summed E-state index contributed by atoms with van der Waals surface area (Å²) in [5, 5.41) is 10.8. The van der Waals surface area contributed by atoms with Crippen molar-refractivity contribution in [3.63, 3.8) is 0 Å². The van der Waals surface area contributed by atoms with Crippen LogP contribution >= 0.6 is 22.7 Å². The van der Waals surface area contributed by atoms with Gasteiger partial charge >= 0.3 is 0 Å². The van der Waals surface area contributed by atoms with E-state index in [1.54, 1.807) is 51.1 Å². The minimum absolute atomic E-state index is 0.00933. The Balaban J connectivity index is 0.000000257. The first-order valence-corrected chi connectivity index (χ1v) is 23.4. The number of amidine groups is 2. The second-order valence-electron chi connectivity index (χ2n) is 14.9. The molecule has 4 aromatic rings. The lowest BCUT2D eigenvalue weighted by molar-refractivity contribution is 0.155. The predicted octanol–water partition coefficient (Wildman–Crippen LogP) is 7.83. The van der Waals surface area contributed by atoms with Crippen LogP contribution < -0.4 is 34.2 Å². The fraction of sp³-hybridized carbons (Fsp3) is 0.522. The highest BCUT2D eigenvalue weighted by atomic mass is 32.1. The van der Waals surface area contributed by atoms with Crippen LogP contribution in [-0.4, -0.2) is 143 Å². The van der Waals surface area contributed by atoms with Crippen LogP contribution in [-0.2, 0) is 13.1 Å². The third-order valence-electron chi connectivity index (χ3n) is 10.9. The number of methoxy groups -OCH3 is 4. The fourth-order valence-electron chi connectivity index (χ4n) is 7.48. The summed E-state index contributed by atoms with van der Waals surface area (Å²) in [6.45, 7) is 21.8. The molecule has 2 aromatic carbocycles. The Kier molecular flexibility index (Phi) is 19.3. The first-order chi connectivity index (χ1) is 30.4. The van der Waals surface area contributed by atoms with E-state index in [1.807, 2.05) is 97.0 Å². The Bertz CT molecular complexity index is 2120. The normalized spacial score (nSPS) is 18.9. The predicted molar refractivity (Wildman–Crippen MR) is 264 cm³/mol. The van der Waals surface area contributed by atoms with E-state index in [9.17, 15) is 0 Å². The lowest BCUT2D eigenvalue weighted by Gasteiger charge is -2.42. The summed E-state index contributed by atoms with van der Waals surface area (Å²) in [5.74, 6) is 5.34. The molecule has 2 saturated heterocycles. The van der Waals surface area contributed by atoms with Gasteiger partial charge in [0.25, 0.3) is 0 Å². The van der Waals surface area contributed by atoms with Gasteiger partial charge in [-0.25, -0.2) is 9.97 Å². The average Bonchev–Trinajstić information content (AvgIpc) is 4.11. The third kappa shape index (κ3) is 11.9. The number of nitrogens with one attached hydrogen (secondary N) is 1. The van der Waals surface area contributed by atoms with Crippen molar-refractivity contribution in [2.45, 2.75) is 72.9 Å². The molecule has 63 heavy (non-hydrogen) atoms. The zero-order chi connectivity index (χ0) is 46.4. The molecule has 0 radical (unpaired) electrons. The molecule has 3 aliphatic heterocycles. The number of thiazole rings is 2. The zero-order valence-electron chi connectivity index (χ0n) is 40.2. The summed E-state index contributed by atoms with van der Waals surface area (Å²) in [6.07, 6.45) is 0.00933. The van der Waals surface area contributed by atoms with Crippen LogP contribution in [0.2, 0.25) is 0 Å². The number of nitrogens with zero attached hydrogens (tertiary/aromatic N) is 10. The highest BCUT2D eigenvalue weighted by Crippen LogP contribution is 2.34. The highest BCUT2D eigenvalue weighted by molar-refractivity contribution is 7.14. The number of hydrogen-bond donors (Lipinski definition) is 1. The van der Waals surface area contributed by atoms with Gasteiger partial charge in [-0.2, -0.15) is 5.10 Å². The Morgan fingerprint density at radius 2 is 1.27 bits per heavy atom. The molecule has 2 aromatic heterocycles. The smallest absolute Gasteiger partial charge is 0.185 e. The van der Waals surface area contributed by atoms with Gasteiger partial charge in [0.1, 0.15) is 34.7 Å². The lowest BCUT2D eigenvalue weighted by Crippen LogP contribution is -2.54. The third-order valence-corrected chi connectivity index (χ3v) is 12.9. The maximum atomic E-state index is 5.58. The minimum atomic E-state index is 0.00933. The maximum absolute atomic E-state index is 5.58. The Hall–Kier alpha value is -5.10. The van der Waals surface area contributed by atoms with Gasteiger partial charge in [0, 0.05) is 109 Å². The van der Waals surface area contributed by atoms with Crippen molar-refractivity contribution < 1.29 is 18.9 Å². The average molecular weight is 906 g/mol.